The van der Waals surface area contributed by atoms with Gasteiger partial charge in [0.2, 0.25) is 0 Å². The molecule has 8 bridgehead atoms. The van der Waals surface area contributed by atoms with Crippen molar-refractivity contribution >= 4 is 75.5 Å². The van der Waals surface area contributed by atoms with E-state index in [0.717, 1.165) is 48.0 Å². The van der Waals surface area contributed by atoms with Crippen LogP contribution >= 0.6 is 31.9 Å². The number of fused-ring (bicyclic) bond motifs is 3. The molecule has 3 aliphatic heterocycles. The van der Waals surface area contributed by atoms with E-state index in [1.54, 1.807) is 0 Å². The van der Waals surface area contributed by atoms with Crippen molar-refractivity contribution in [1.82, 2.24) is 14.0 Å². The van der Waals surface area contributed by atoms with Crippen molar-refractivity contribution in [2.45, 2.75) is 84.6 Å². The molecule has 5 heterocycles. The fraction of sp³-hybridized carbons (Fsp3) is 0.351. The van der Waals surface area contributed by atoms with Crippen molar-refractivity contribution in [3.8, 4) is 0 Å². The average Bonchev–Trinajstić information content (AvgIpc) is 3.45. The minimum atomic E-state index is 0.569. The van der Waals surface area contributed by atoms with Gasteiger partial charge in [-0.15, -0.1) is 0 Å². The third-order valence-electron chi connectivity index (χ3n) is 9.33. The highest BCUT2D eigenvalue weighted by molar-refractivity contribution is 9.10. The molecule has 216 valence electrons. The van der Waals surface area contributed by atoms with Gasteiger partial charge in [0.15, 0.2) is 0 Å². The van der Waals surface area contributed by atoms with Gasteiger partial charge >= 0.3 is 0 Å². The number of halogens is 2. The normalized spacial score (nSPS) is 15.1. The highest BCUT2D eigenvalue weighted by Crippen LogP contribution is 2.35. The number of aromatic nitrogens is 2. The molecule has 5 heteroatoms. The maximum atomic E-state index is 3.76. The van der Waals surface area contributed by atoms with Gasteiger partial charge in [0.1, 0.15) is 0 Å². The maximum Gasteiger partial charge on any atom is 0.0492 e. The third-order valence-corrected chi connectivity index (χ3v) is 10.3. The maximum absolute atomic E-state index is 3.76. The van der Waals surface area contributed by atoms with Crippen molar-refractivity contribution in [2.24, 2.45) is 0 Å². The summed E-state index contributed by atoms with van der Waals surface area (Å²) in [5, 5.41) is 5.46. The first-order chi connectivity index (χ1) is 20.5. The summed E-state index contributed by atoms with van der Waals surface area (Å²) in [5.74, 6) is 0. The van der Waals surface area contributed by atoms with Crippen LogP contribution in [0.4, 0.5) is 0 Å². The summed E-state index contributed by atoms with van der Waals surface area (Å²) in [6.07, 6.45) is 7.16. The Labute approximate surface area is 265 Å². The van der Waals surface area contributed by atoms with Gasteiger partial charge in [-0.1, -0.05) is 70.7 Å². The molecular formula is C37H39Br2N3. The topological polar surface area (TPSA) is 13.1 Å². The van der Waals surface area contributed by atoms with Gasteiger partial charge < -0.3 is 9.13 Å². The molecule has 0 fully saturated rings. The van der Waals surface area contributed by atoms with Gasteiger partial charge in [-0.2, -0.15) is 0 Å². The number of rotatable bonds is 5. The van der Waals surface area contributed by atoms with E-state index < -0.39 is 0 Å². The Balaban J connectivity index is 1.41. The molecule has 0 spiro atoms. The molecule has 0 aliphatic carbocycles. The van der Waals surface area contributed by atoms with E-state index in [1.165, 1.54) is 80.4 Å². The summed E-state index contributed by atoms with van der Waals surface area (Å²) < 4.78 is 7.41. The first kappa shape index (κ1) is 28.2. The molecule has 4 aromatic carbocycles. The fourth-order valence-electron chi connectivity index (χ4n) is 7.42. The van der Waals surface area contributed by atoms with Gasteiger partial charge in [-0.3, -0.25) is 4.90 Å². The van der Waals surface area contributed by atoms with Crippen molar-refractivity contribution in [2.75, 3.05) is 0 Å². The molecule has 0 unspecified atom stereocenters. The van der Waals surface area contributed by atoms with Crippen molar-refractivity contribution < 1.29 is 0 Å². The summed E-state index contributed by atoms with van der Waals surface area (Å²) in [6.45, 7) is 8.64. The second-order valence-electron chi connectivity index (χ2n) is 12.2. The molecule has 0 amide bonds. The molecule has 6 aromatic rings. The van der Waals surface area contributed by atoms with Crippen LogP contribution in [0.2, 0.25) is 0 Å². The molecular weight excluding hydrogens is 646 g/mol. The van der Waals surface area contributed by atoms with Crippen LogP contribution in [0.1, 0.15) is 63.5 Å². The Morgan fingerprint density at radius 3 is 1.40 bits per heavy atom. The lowest BCUT2D eigenvalue weighted by Crippen LogP contribution is -2.34. The average molecular weight is 686 g/mol. The molecule has 0 saturated heterocycles. The van der Waals surface area contributed by atoms with Gasteiger partial charge in [0.05, 0.1) is 0 Å². The quantitative estimate of drug-likeness (QED) is 0.176. The molecule has 0 saturated carbocycles. The molecule has 3 aliphatic rings. The lowest BCUT2D eigenvalue weighted by Gasteiger charge is -2.32. The van der Waals surface area contributed by atoms with Crippen LogP contribution in [0.25, 0.3) is 43.6 Å². The van der Waals surface area contributed by atoms with Crippen LogP contribution in [0.15, 0.2) is 81.7 Å². The Kier molecular flexibility index (Phi) is 7.94. The zero-order valence-corrected chi connectivity index (χ0v) is 27.8. The molecule has 3 nitrogen and oxygen atoms in total. The Bertz CT molecular complexity index is 1780. The minimum Gasteiger partial charge on any atom is -0.340 e. The first-order valence-electron chi connectivity index (χ1n) is 15.7. The molecule has 0 atom stereocenters. The largest absolute Gasteiger partial charge is 0.340 e. The molecule has 42 heavy (non-hydrogen) atoms. The predicted octanol–water partition coefficient (Wildman–Crippen LogP) is 11.2. The van der Waals surface area contributed by atoms with E-state index in [9.17, 15) is 0 Å². The van der Waals surface area contributed by atoms with Crippen molar-refractivity contribution in [3.63, 3.8) is 0 Å². The van der Waals surface area contributed by atoms with Crippen LogP contribution in [0.3, 0.4) is 0 Å². The number of nitrogens with zero attached hydrogens (tertiary/aromatic N) is 3. The standard InChI is InChI=1S/C37H39Br2N3/c1-3-7-29(8-4-2)40-23-25-9-13-34-30(19-25)32-21-27(38)11-15-36(32)41(34)17-5-6-18-42-35-14-10-26(24-40)20-31(35)33-22-28(39)12-16-37(33)42/h9-16,19-22,29H,3-8,17-18,23-24H2,1-2H3. The zero-order chi connectivity index (χ0) is 28.8. The minimum absolute atomic E-state index is 0.569. The Morgan fingerprint density at radius 2 is 0.976 bits per heavy atom. The van der Waals surface area contributed by atoms with Crippen molar-refractivity contribution in [3.05, 3.63) is 92.9 Å². The lowest BCUT2D eigenvalue weighted by molar-refractivity contribution is 0.158. The van der Waals surface area contributed by atoms with Crippen molar-refractivity contribution in [1.29, 1.82) is 0 Å². The SMILES string of the molecule is CCCC(CCC)N1Cc2ccc3c(c2)c2cc(Br)ccc2n3CCCCn2c3ccc(Br)cc3c3cc(ccc32)C1. The zero-order valence-electron chi connectivity index (χ0n) is 24.7. The summed E-state index contributed by atoms with van der Waals surface area (Å²) in [5.41, 5.74) is 8.20. The van der Waals surface area contributed by atoms with Crippen LogP contribution in [-0.4, -0.2) is 20.1 Å². The van der Waals surface area contributed by atoms with Gasteiger partial charge in [0.25, 0.3) is 0 Å². The van der Waals surface area contributed by atoms with Gasteiger partial charge in [-0.25, -0.2) is 0 Å². The smallest absolute Gasteiger partial charge is 0.0492 e. The van der Waals surface area contributed by atoms with E-state index >= 15 is 0 Å². The summed E-state index contributed by atoms with van der Waals surface area (Å²) in [6, 6.07) is 28.7. The Hall–Kier alpha value is -2.60. The molecule has 0 N–H and O–H groups in total. The highest BCUT2D eigenvalue weighted by Gasteiger charge is 2.21. The van der Waals surface area contributed by atoms with E-state index in [1.807, 2.05) is 0 Å². The predicted molar refractivity (Wildman–Crippen MR) is 186 cm³/mol. The monoisotopic (exact) mass is 683 g/mol. The second kappa shape index (κ2) is 11.8. The first-order valence-corrected chi connectivity index (χ1v) is 17.3. The molecule has 0 radical (unpaired) electrons. The number of hydrogen-bond acceptors (Lipinski definition) is 1. The summed E-state index contributed by atoms with van der Waals surface area (Å²) in [4.78, 5) is 2.76. The van der Waals surface area contributed by atoms with Gasteiger partial charge in [0, 0.05) is 84.8 Å². The summed E-state index contributed by atoms with van der Waals surface area (Å²) in [7, 11) is 0. The van der Waals surface area contributed by atoms with Gasteiger partial charge in [-0.05, 0) is 97.5 Å². The van der Waals surface area contributed by atoms with E-state index in [4.69, 9.17) is 0 Å². The molecule has 2 aromatic heterocycles. The Morgan fingerprint density at radius 1 is 0.571 bits per heavy atom. The number of hydrogen-bond donors (Lipinski definition) is 0. The number of benzene rings is 4. The molecule has 9 rings (SSSR count). The summed E-state index contributed by atoms with van der Waals surface area (Å²) >= 11 is 7.52. The van der Waals surface area contributed by atoms with Crippen LogP contribution in [0, 0.1) is 0 Å². The number of aryl methyl sites for hydroxylation is 2. The second-order valence-corrected chi connectivity index (χ2v) is 14.0. The van der Waals surface area contributed by atoms with E-state index in [2.05, 4.69) is 133 Å². The lowest BCUT2D eigenvalue weighted by atomic mass is 10.0. The van der Waals surface area contributed by atoms with E-state index in [-0.39, 0.29) is 0 Å². The van der Waals surface area contributed by atoms with Crippen LogP contribution in [-0.2, 0) is 26.2 Å². The third kappa shape index (κ3) is 5.12. The van der Waals surface area contributed by atoms with Crippen LogP contribution in [0.5, 0.6) is 0 Å². The van der Waals surface area contributed by atoms with E-state index in [0.29, 0.717) is 6.04 Å². The van der Waals surface area contributed by atoms with Crippen LogP contribution < -0.4 is 0 Å². The highest BCUT2D eigenvalue weighted by atomic mass is 79.9. The fourth-order valence-corrected chi connectivity index (χ4v) is 8.15.